The first-order valence-electron chi connectivity index (χ1n) is 6.91. The lowest BCUT2D eigenvalue weighted by molar-refractivity contribution is 0.229. The van der Waals surface area contributed by atoms with Crippen molar-refractivity contribution >= 4 is 0 Å². The number of benzene rings is 1. The molecule has 0 radical (unpaired) electrons. The van der Waals surface area contributed by atoms with Crippen molar-refractivity contribution in [1.29, 1.82) is 0 Å². The first kappa shape index (κ1) is 16.1. The fourth-order valence-corrected chi connectivity index (χ4v) is 2.05. The van der Waals surface area contributed by atoms with Crippen molar-refractivity contribution in [1.82, 2.24) is 9.80 Å². The van der Waals surface area contributed by atoms with Gasteiger partial charge in [0.05, 0.1) is 0 Å². The molecule has 0 spiro atoms. The van der Waals surface area contributed by atoms with Crippen molar-refractivity contribution < 1.29 is 4.39 Å². The molecular weight excluding hydrogens is 241 g/mol. The maximum Gasteiger partial charge on any atom is 0.123 e. The molecule has 0 amide bonds. The topological polar surface area (TPSA) is 32.5 Å². The van der Waals surface area contributed by atoms with Gasteiger partial charge in [-0.05, 0) is 44.8 Å². The van der Waals surface area contributed by atoms with Gasteiger partial charge in [-0.1, -0.05) is 19.1 Å². The number of halogens is 1. The number of nitrogens with zero attached hydrogens (tertiary/aromatic N) is 2. The van der Waals surface area contributed by atoms with Gasteiger partial charge in [0.2, 0.25) is 0 Å². The minimum atomic E-state index is -0.214. The molecule has 0 aliphatic rings. The Labute approximate surface area is 116 Å². The maximum atomic E-state index is 12.9. The van der Waals surface area contributed by atoms with Crippen LogP contribution in [0, 0.1) is 5.82 Å². The van der Waals surface area contributed by atoms with Crippen LogP contribution in [0.5, 0.6) is 0 Å². The average Bonchev–Trinajstić information content (AvgIpc) is 2.37. The van der Waals surface area contributed by atoms with Crippen molar-refractivity contribution in [2.75, 3.05) is 40.3 Å². The van der Waals surface area contributed by atoms with E-state index in [1.54, 1.807) is 12.1 Å². The predicted molar refractivity (Wildman–Crippen MR) is 78.6 cm³/mol. The molecule has 1 rings (SSSR count). The largest absolute Gasteiger partial charge is 0.323 e. The van der Waals surface area contributed by atoms with Gasteiger partial charge in [-0.2, -0.15) is 0 Å². The summed E-state index contributed by atoms with van der Waals surface area (Å²) in [5, 5.41) is 0. The zero-order valence-electron chi connectivity index (χ0n) is 12.3. The van der Waals surface area contributed by atoms with Gasteiger partial charge in [-0.25, -0.2) is 4.39 Å². The summed E-state index contributed by atoms with van der Waals surface area (Å²) >= 11 is 0. The Kier molecular flexibility index (Phi) is 6.99. The van der Waals surface area contributed by atoms with Crippen LogP contribution in [0.3, 0.4) is 0 Å². The monoisotopic (exact) mass is 267 g/mol. The standard InChI is InChI=1S/C15H26FN3/c1-4-9-19(11-10-18(2)3)12-15(17)13-5-7-14(16)8-6-13/h5-8,15H,4,9-12,17H2,1-3H3. The van der Waals surface area contributed by atoms with Crippen LogP contribution >= 0.6 is 0 Å². The Morgan fingerprint density at radius 2 is 1.74 bits per heavy atom. The second-order valence-electron chi connectivity index (χ2n) is 5.26. The van der Waals surface area contributed by atoms with Crippen LogP contribution in [0.15, 0.2) is 24.3 Å². The van der Waals surface area contributed by atoms with Crippen LogP contribution in [0.2, 0.25) is 0 Å². The van der Waals surface area contributed by atoms with E-state index in [2.05, 4.69) is 30.8 Å². The molecule has 1 aromatic carbocycles. The Morgan fingerprint density at radius 1 is 1.11 bits per heavy atom. The molecule has 1 aromatic rings. The fraction of sp³-hybridized carbons (Fsp3) is 0.600. The van der Waals surface area contributed by atoms with Gasteiger partial charge >= 0.3 is 0 Å². The van der Waals surface area contributed by atoms with E-state index in [1.165, 1.54) is 12.1 Å². The van der Waals surface area contributed by atoms with Crippen molar-refractivity contribution in [3.63, 3.8) is 0 Å². The smallest absolute Gasteiger partial charge is 0.123 e. The highest BCUT2D eigenvalue weighted by Gasteiger charge is 2.12. The lowest BCUT2D eigenvalue weighted by Gasteiger charge is -2.26. The second kappa shape index (κ2) is 8.25. The Hall–Kier alpha value is -0.970. The number of nitrogens with two attached hydrogens (primary N) is 1. The van der Waals surface area contributed by atoms with Crippen molar-refractivity contribution in [3.8, 4) is 0 Å². The molecule has 1 unspecified atom stereocenters. The Bertz CT molecular complexity index is 351. The summed E-state index contributed by atoms with van der Waals surface area (Å²) < 4.78 is 12.9. The quantitative estimate of drug-likeness (QED) is 0.783. The van der Waals surface area contributed by atoms with E-state index >= 15 is 0 Å². The molecule has 3 nitrogen and oxygen atoms in total. The third kappa shape index (κ3) is 6.14. The molecular formula is C15H26FN3. The van der Waals surface area contributed by atoms with Crippen LogP contribution in [-0.4, -0.2) is 50.1 Å². The molecule has 108 valence electrons. The van der Waals surface area contributed by atoms with Crippen LogP contribution in [0.4, 0.5) is 4.39 Å². The van der Waals surface area contributed by atoms with Gasteiger partial charge in [0.1, 0.15) is 5.82 Å². The van der Waals surface area contributed by atoms with Gasteiger partial charge in [0, 0.05) is 25.7 Å². The Balaban J connectivity index is 2.54. The number of hydrogen-bond acceptors (Lipinski definition) is 3. The minimum Gasteiger partial charge on any atom is -0.323 e. The lowest BCUT2D eigenvalue weighted by Crippen LogP contribution is -2.37. The molecule has 0 aromatic heterocycles. The highest BCUT2D eigenvalue weighted by Crippen LogP contribution is 2.12. The molecule has 0 bridgehead atoms. The normalized spacial score (nSPS) is 13.2. The van der Waals surface area contributed by atoms with Gasteiger partial charge in [-0.3, -0.25) is 0 Å². The SMILES string of the molecule is CCCN(CCN(C)C)CC(N)c1ccc(F)cc1. The van der Waals surface area contributed by atoms with Gasteiger partial charge in [0.25, 0.3) is 0 Å². The van der Waals surface area contributed by atoms with Gasteiger partial charge in [0.15, 0.2) is 0 Å². The summed E-state index contributed by atoms with van der Waals surface area (Å²) in [5.74, 6) is -0.214. The molecule has 0 aliphatic heterocycles. The summed E-state index contributed by atoms with van der Waals surface area (Å²) in [6.45, 7) is 6.06. The van der Waals surface area contributed by atoms with Crippen LogP contribution in [0.1, 0.15) is 24.9 Å². The van der Waals surface area contributed by atoms with Crippen LogP contribution in [-0.2, 0) is 0 Å². The molecule has 0 saturated carbocycles. The van der Waals surface area contributed by atoms with Gasteiger partial charge < -0.3 is 15.5 Å². The van der Waals surface area contributed by atoms with Crippen molar-refractivity contribution in [2.45, 2.75) is 19.4 Å². The molecule has 0 heterocycles. The molecule has 0 saturated heterocycles. The first-order chi connectivity index (χ1) is 9.02. The van der Waals surface area contributed by atoms with E-state index in [0.717, 1.165) is 38.2 Å². The number of hydrogen-bond donors (Lipinski definition) is 1. The molecule has 2 N–H and O–H groups in total. The minimum absolute atomic E-state index is 0.0608. The summed E-state index contributed by atoms with van der Waals surface area (Å²) in [5.41, 5.74) is 7.20. The first-order valence-corrected chi connectivity index (χ1v) is 6.91. The highest BCUT2D eigenvalue weighted by molar-refractivity contribution is 5.19. The van der Waals surface area contributed by atoms with Gasteiger partial charge in [-0.15, -0.1) is 0 Å². The highest BCUT2D eigenvalue weighted by atomic mass is 19.1. The third-order valence-corrected chi connectivity index (χ3v) is 3.16. The number of likely N-dealkylation sites (N-methyl/N-ethyl adjacent to an activating group) is 1. The van der Waals surface area contributed by atoms with E-state index in [-0.39, 0.29) is 11.9 Å². The summed E-state index contributed by atoms with van der Waals surface area (Å²) in [4.78, 5) is 4.54. The van der Waals surface area contributed by atoms with E-state index < -0.39 is 0 Å². The van der Waals surface area contributed by atoms with Crippen LogP contribution < -0.4 is 5.73 Å². The molecule has 1 atom stereocenters. The third-order valence-electron chi connectivity index (χ3n) is 3.16. The molecule has 0 aliphatic carbocycles. The predicted octanol–water partition coefficient (Wildman–Crippen LogP) is 2.10. The summed E-state index contributed by atoms with van der Waals surface area (Å²) in [7, 11) is 4.15. The van der Waals surface area contributed by atoms with Crippen molar-refractivity contribution in [3.05, 3.63) is 35.6 Å². The zero-order chi connectivity index (χ0) is 14.3. The zero-order valence-corrected chi connectivity index (χ0v) is 12.3. The van der Waals surface area contributed by atoms with Crippen LogP contribution in [0.25, 0.3) is 0 Å². The summed E-state index contributed by atoms with van der Waals surface area (Å²) in [6.07, 6.45) is 1.11. The lowest BCUT2D eigenvalue weighted by atomic mass is 10.1. The van der Waals surface area contributed by atoms with E-state index in [9.17, 15) is 4.39 Å². The molecule has 19 heavy (non-hydrogen) atoms. The van der Waals surface area contributed by atoms with E-state index in [4.69, 9.17) is 5.73 Å². The second-order valence-corrected chi connectivity index (χ2v) is 5.26. The van der Waals surface area contributed by atoms with Crippen molar-refractivity contribution in [2.24, 2.45) is 5.73 Å². The Morgan fingerprint density at radius 3 is 2.26 bits per heavy atom. The summed E-state index contributed by atoms with van der Waals surface area (Å²) in [6, 6.07) is 6.43. The number of rotatable bonds is 8. The van der Waals surface area contributed by atoms with E-state index in [0.29, 0.717) is 0 Å². The maximum absolute atomic E-state index is 12.9. The molecule has 0 fully saturated rings. The molecule has 4 heteroatoms. The average molecular weight is 267 g/mol. The van der Waals surface area contributed by atoms with E-state index in [1.807, 2.05) is 0 Å². The fourth-order valence-electron chi connectivity index (χ4n) is 2.05.